The highest BCUT2D eigenvalue weighted by Crippen LogP contribution is 2.31. The molecule has 0 amide bonds. The maximum Gasteiger partial charge on any atom is 0.154 e. The van der Waals surface area contributed by atoms with Crippen LogP contribution in [0.2, 0.25) is 0 Å². The molecule has 1 fully saturated rings. The summed E-state index contributed by atoms with van der Waals surface area (Å²) in [5, 5.41) is 4.06. The number of nitrogens with zero attached hydrogens (tertiary/aromatic N) is 3. The number of likely N-dealkylation sites (tertiary alicyclic amines) is 1. The first-order valence-corrected chi connectivity index (χ1v) is 7.82. The first-order valence-electron chi connectivity index (χ1n) is 7.82. The molecule has 1 aliphatic rings. The molecule has 0 aromatic carbocycles. The van der Waals surface area contributed by atoms with E-state index in [0.29, 0.717) is 6.04 Å². The predicted molar refractivity (Wildman–Crippen MR) is 81.8 cm³/mol. The van der Waals surface area contributed by atoms with Gasteiger partial charge in [0.25, 0.3) is 0 Å². The predicted octanol–water partition coefficient (Wildman–Crippen LogP) is 3.80. The van der Waals surface area contributed by atoms with Gasteiger partial charge < -0.3 is 4.52 Å². The van der Waals surface area contributed by atoms with Crippen molar-refractivity contribution in [2.75, 3.05) is 6.54 Å². The lowest BCUT2D eigenvalue weighted by atomic mass is 10.1. The van der Waals surface area contributed by atoms with Crippen LogP contribution in [0.3, 0.4) is 0 Å². The summed E-state index contributed by atoms with van der Waals surface area (Å²) in [4.78, 5) is 7.14. The summed E-state index contributed by atoms with van der Waals surface area (Å²) in [7, 11) is 0. The normalized spacial score (nSPS) is 20.4. The molecule has 0 unspecified atom stereocenters. The van der Waals surface area contributed by atoms with Crippen LogP contribution in [0.1, 0.15) is 54.6 Å². The molecule has 0 radical (unpaired) electrons. The van der Waals surface area contributed by atoms with Gasteiger partial charge in [-0.15, -0.1) is 0 Å². The highest BCUT2D eigenvalue weighted by molar-refractivity contribution is 5.12. The van der Waals surface area contributed by atoms with Crippen molar-refractivity contribution in [3.63, 3.8) is 0 Å². The first-order chi connectivity index (χ1) is 10.2. The summed E-state index contributed by atoms with van der Waals surface area (Å²) >= 11 is 0. The minimum absolute atomic E-state index is 0.330. The second-order valence-electron chi connectivity index (χ2n) is 5.98. The lowest BCUT2D eigenvalue weighted by Crippen LogP contribution is -2.28. The van der Waals surface area contributed by atoms with E-state index in [1.165, 1.54) is 19.3 Å². The Morgan fingerprint density at radius 3 is 2.86 bits per heavy atom. The molecular formula is C17H23N3O. The van der Waals surface area contributed by atoms with E-state index in [0.717, 1.165) is 42.4 Å². The summed E-state index contributed by atoms with van der Waals surface area (Å²) in [6.07, 6.45) is 4.93. The number of aryl methyl sites for hydroxylation is 2. The van der Waals surface area contributed by atoms with Gasteiger partial charge in [-0.25, -0.2) is 0 Å². The molecule has 1 saturated heterocycles. The average molecular weight is 285 g/mol. The molecule has 0 spiro atoms. The van der Waals surface area contributed by atoms with Crippen LogP contribution in [0.25, 0.3) is 0 Å². The molecule has 3 rings (SSSR count). The Hall–Kier alpha value is -1.68. The number of pyridine rings is 1. The zero-order valence-corrected chi connectivity index (χ0v) is 12.9. The van der Waals surface area contributed by atoms with Crippen molar-refractivity contribution in [3.8, 4) is 0 Å². The third-order valence-corrected chi connectivity index (χ3v) is 4.15. The molecule has 1 atom stereocenters. The maximum atomic E-state index is 5.54. The van der Waals surface area contributed by atoms with Gasteiger partial charge in [0, 0.05) is 18.3 Å². The molecule has 1 aliphatic heterocycles. The second kappa shape index (κ2) is 6.39. The van der Waals surface area contributed by atoms with Gasteiger partial charge in [0.05, 0.1) is 17.4 Å². The summed E-state index contributed by atoms with van der Waals surface area (Å²) in [6, 6.07) is 8.65. The average Bonchev–Trinajstić information content (AvgIpc) is 2.75. The topological polar surface area (TPSA) is 42.2 Å². The minimum Gasteiger partial charge on any atom is -0.359 e. The van der Waals surface area contributed by atoms with E-state index in [-0.39, 0.29) is 0 Å². The lowest BCUT2D eigenvalue weighted by Gasteiger charge is -2.27. The van der Waals surface area contributed by atoms with Crippen molar-refractivity contribution in [2.24, 2.45) is 0 Å². The second-order valence-corrected chi connectivity index (χ2v) is 5.98. The maximum absolute atomic E-state index is 5.54. The van der Waals surface area contributed by atoms with Crippen LogP contribution < -0.4 is 0 Å². The minimum atomic E-state index is 0.330. The molecule has 0 N–H and O–H groups in total. The van der Waals surface area contributed by atoms with Gasteiger partial charge in [-0.2, -0.15) is 0 Å². The van der Waals surface area contributed by atoms with Crippen LogP contribution in [0.4, 0.5) is 0 Å². The fourth-order valence-corrected chi connectivity index (χ4v) is 3.12. The zero-order valence-electron chi connectivity index (χ0n) is 12.9. The van der Waals surface area contributed by atoms with Crippen molar-refractivity contribution in [3.05, 3.63) is 47.1 Å². The van der Waals surface area contributed by atoms with E-state index in [4.69, 9.17) is 4.52 Å². The Kier molecular flexibility index (Phi) is 4.34. The standard InChI is InChI=1S/C17H23N3O/c1-13-7-6-8-15(18-13)12-20-10-5-3-4-9-16(20)17-11-14(2)19-21-17/h6-8,11,16H,3-5,9-10,12H2,1-2H3/t16-/m1/s1. The molecule has 3 heterocycles. The molecule has 4 heteroatoms. The Morgan fingerprint density at radius 1 is 1.19 bits per heavy atom. The van der Waals surface area contributed by atoms with E-state index in [9.17, 15) is 0 Å². The van der Waals surface area contributed by atoms with Crippen LogP contribution in [-0.2, 0) is 6.54 Å². The van der Waals surface area contributed by atoms with Gasteiger partial charge in [-0.1, -0.05) is 24.1 Å². The van der Waals surface area contributed by atoms with Crippen molar-refractivity contribution >= 4 is 0 Å². The van der Waals surface area contributed by atoms with Crippen LogP contribution in [0, 0.1) is 13.8 Å². The number of aromatic nitrogens is 2. The van der Waals surface area contributed by atoms with Crippen molar-refractivity contribution in [1.82, 2.24) is 15.0 Å². The van der Waals surface area contributed by atoms with Gasteiger partial charge in [0.1, 0.15) is 0 Å². The third-order valence-electron chi connectivity index (χ3n) is 4.15. The molecule has 0 bridgehead atoms. The van der Waals surface area contributed by atoms with Gasteiger partial charge in [-0.05, 0) is 45.4 Å². The molecule has 112 valence electrons. The first kappa shape index (κ1) is 14.3. The summed E-state index contributed by atoms with van der Waals surface area (Å²) < 4.78 is 5.54. The van der Waals surface area contributed by atoms with Crippen LogP contribution in [0.5, 0.6) is 0 Å². The van der Waals surface area contributed by atoms with E-state index in [2.05, 4.69) is 33.2 Å². The lowest BCUT2D eigenvalue weighted by molar-refractivity contribution is 0.158. The summed E-state index contributed by atoms with van der Waals surface area (Å²) in [6.45, 7) is 6.01. The summed E-state index contributed by atoms with van der Waals surface area (Å²) in [5.41, 5.74) is 3.18. The van der Waals surface area contributed by atoms with Crippen molar-refractivity contribution in [1.29, 1.82) is 0 Å². The van der Waals surface area contributed by atoms with Gasteiger partial charge in [0.2, 0.25) is 0 Å². The summed E-state index contributed by atoms with van der Waals surface area (Å²) in [5.74, 6) is 1.00. The third kappa shape index (κ3) is 3.50. The Labute approximate surface area is 126 Å². The molecule has 4 nitrogen and oxygen atoms in total. The van der Waals surface area contributed by atoms with Gasteiger partial charge >= 0.3 is 0 Å². The largest absolute Gasteiger partial charge is 0.359 e. The van der Waals surface area contributed by atoms with E-state index < -0.39 is 0 Å². The zero-order chi connectivity index (χ0) is 14.7. The van der Waals surface area contributed by atoms with Gasteiger partial charge in [-0.3, -0.25) is 9.88 Å². The fourth-order valence-electron chi connectivity index (χ4n) is 3.12. The quantitative estimate of drug-likeness (QED) is 0.860. The van der Waals surface area contributed by atoms with E-state index in [1.54, 1.807) is 0 Å². The molecule has 0 aliphatic carbocycles. The highest BCUT2D eigenvalue weighted by atomic mass is 16.5. The molecule has 21 heavy (non-hydrogen) atoms. The molecular weight excluding hydrogens is 262 g/mol. The fraction of sp³-hybridized carbons (Fsp3) is 0.529. The number of hydrogen-bond acceptors (Lipinski definition) is 4. The van der Waals surface area contributed by atoms with Gasteiger partial charge in [0.15, 0.2) is 5.76 Å². The SMILES string of the molecule is Cc1cc([C@H]2CCCCCN2Cc2cccc(C)n2)on1. The van der Waals surface area contributed by atoms with Crippen LogP contribution >= 0.6 is 0 Å². The highest BCUT2D eigenvalue weighted by Gasteiger charge is 2.26. The smallest absolute Gasteiger partial charge is 0.154 e. The Balaban J connectivity index is 1.81. The monoisotopic (exact) mass is 285 g/mol. The number of rotatable bonds is 3. The van der Waals surface area contributed by atoms with E-state index in [1.807, 2.05) is 19.9 Å². The van der Waals surface area contributed by atoms with Crippen LogP contribution in [-0.4, -0.2) is 21.6 Å². The Morgan fingerprint density at radius 2 is 2.10 bits per heavy atom. The van der Waals surface area contributed by atoms with Crippen molar-refractivity contribution < 1.29 is 4.52 Å². The van der Waals surface area contributed by atoms with Crippen molar-refractivity contribution in [2.45, 2.75) is 52.1 Å². The van der Waals surface area contributed by atoms with Crippen LogP contribution in [0.15, 0.2) is 28.8 Å². The molecule has 0 saturated carbocycles. The number of hydrogen-bond donors (Lipinski definition) is 0. The Bertz CT molecular complexity index is 593. The van der Waals surface area contributed by atoms with E-state index >= 15 is 0 Å². The molecule has 2 aromatic rings. The molecule has 2 aromatic heterocycles.